The lowest BCUT2D eigenvalue weighted by atomic mass is 9.44. The van der Waals surface area contributed by atoms with Crippen molar-refractivity contribution >= 4 is 11.9 Å². The molecule has 4 aliphatic carbocycles. The standard InChI is InChI=1S/C31H50O4/c1-19(2)9-8-10-20(3)25-11-12-26-24-18-29(35-22(5)33)28-17-23(34-21(4)32)13-15-31(28,7)27(24)14-16-30(25,26)6/h10,19,23-29H,8-9,11-18H2,1-7H3/b20-10+/t23?,24-,25+,26-,27-,28?,29?,30+,31+/m0/s1. The molecule has 4 rings (SSSR count). The number of hydrogen-bond donors (Lipinski definition) is 0. The van der Waals surface area contributed by atoms with Gasteiger partial charge in [0.1, 0.15) is 12.2 Å². The number of rotatable bonds is 6. The molecule has 0 saturated heterocycles. The molecule has 3 unspecified atom stereocenters. The first-order valence-corrected chi connectivity index (χ1v) is 14.5. The molecular formula is C31H50O4. The van der Waals surface area contributed by atoms with E-state index in [4.69, 9.17) is 9.47 Å². The minimum Gasteiger partial charge on any atom is -0.463 e. The lowest BCUT2D eigenvalue weighted by Crippen LogP contribution is -2.59. The van der Waals surface area contributed by atoms with Gasteiger partial charge in [0.25, 0.3) is 0 Å². The second-order valence-electron chi connectivity index (χ2n) is 13.5. The Morgan fingerprint density at radius 1 is 0.857 bits per heavy atom. The Bertz CT molecular complexity index is 830. The van der Waals surface area contributed by atoms with Crippen LogP contribution in [0.25, 0.3) is 0 Å². The highest BCUT2D eigenvalue weighted by molar-refractivity contribution is 5.66. The third-order valence-electron chi connectivity index (χ3n) is 11.0. The van der Waals surface area contributed by atoms with Crippen molar-refractivity contribution in [2.75, 3.05) is 0 Å². The molecule has 0 aromatic carbocycles. The first-order chi connectivity index (χ1) is 16.5. The van der Waals surface area contributed by atoms with Crippen LogP contribution in [-0.4, -0.2) is 24.1 Å². The number of allylic oxidation sites excluding steroid dienone is 2. The first kappa shape index (κ1) is 26.7. The summed E-state index contributed by atoms with van der Waals surface area (Å²) in [5, 5.41) is 0. The zero-order chi connectivity index (χ0) is 25.5. The summed E-state index contributed by atoms with van der Waals surface area (Å²) in [5.41, 5.74) is 2.13. The Kier molecular flexibility index (Phi) is 7.80. The minimum absolute atomic E-state index is 0.0384. The summed E-state index contributed by atoms with van der Waals surface area (Å²) in [4.78, 5) is 23.8. The van der Waals surface area contributed by atoms with Crippen LogP contribution in [0.3, 0.4) is 0 Å². The highest BCUT2D eigenvalue weighted by Gasteiger charge is 2.63. The number of esters is 2. The Balaban J connectivity index is 1.57. The normalized spacial score (nSPS) is 43.2. The molecule has 4 fully saturated rings. The van der Waals surface area contributed by atoms with E-state index in [1.807, 2.05) is 0 Å². The van der Waals surface area contributed by atoms with Gasteiger partial charge in [0.15, 0.2) is 0 Å². The van der Waals surface area contributed by atoms with Crippen LogP contribution in [0.2, 0.25) is 0 Å². The molecule has 9 atom stereocenters. The van der Waals surface area contributed by atoms with E-state index in [1.54, 1.807) is 12.5 Å². The van der Waals surface area contributed by atoms with Gasteiger partial charge in [0, 0.05) is 19.8 Å². The quantitative estimate of drug-likeness (QED) is 0.288. The molecule has 0 heterocycles. The van der Waals surface area contributed by atoms with Gasteiger partial charge in [-0.3, -0.25) is 9.59 Å². The van der Waals surface area contributed by atoms with Crippen molar-refractivity contribution in [2.45, 2.75) is 125 Å². The topological polar surface area (TPSA) is 52.6 Å². The van der Waals surface area contributed by atoms with E-state index in [2.05, 4.69) is 40.7 Å². The number of hydrogen-bond acceptors (Lipinski definition) is 4. The smallest absolute Gasteiger partial charge is 0.302 e. The van der Waals surface area contributed by atoms with E-state index in [-0.39, 0.29) is 35.5 Å². The molecule has 4 nitrogen and oxygen atoms in total. The van der Waals surface area contributed by atoms with Crippen molar-refractivity contribution in [1.82, 2.24) is 0 Å². The molecule has 0 bridgehead atoms. The summed E-state index contributed by atoms with van der Waals surface area (Å²) in [6.45, 7) is 15.1. The summed E-state index contributed by atoms with van der Waals surface area (Å²) < 4.78 is 11.7. The molecule has 0 aromatic rings. The molecule has 4 heteroatoms. The van der Waals surface area contributed by atoms with Crippen LogP contribution < -0.4 is 0 Å². The SMILES string of the molecule is CC(=O)OC1CC[C@@]2(C)C(C1)C(OC(C)=O)C[C@H]1[C@@H]3CC[C@H](/C(C)=C/CCC(C)C)[C@@]3(C)CC[C@@H]12. The zero-order valence-corrected chi connectivity index (χ0v) is 23.4. The number of carbonyl (C=O) groups is 2. The maximum Gasteiger partial charge on any atom is 0.302 e. The Hall–Kier alpha value is -1.32. The summed E-state index contributed by atoms with van der Waals surface area (Å²) in [6, 6.07) is 0. The van der Waals surface area contributed by atoms with Gasteiger partial charge in [-0.2, -0.15) is 0 Å². The van der Waals surface area contributed by atoms with Crippen LogP contribution in [-0.2, 0) is 19.1 Å². The Morgan fingerprint density at radius 3 is 2.17 bits per heavy atom. The van der Waals surface area contributed by atoms with Gasteiger partial charge in [-0.15, -0.1) is 0 Å². The van der Waals surface area contributed by atoms with Crippen molar-refractivity contribution in [3.05, 3.63) is 11.6 Å². The van der Waals surface area contributed by atoms with Crippen molar-refractivity contribution < 1.29 is 19.1 Å². The monoisotopic (exact) mass is 486 g/mol. The number of fused-ring (bicyclic) bond motifs is 5. The first-order valence-electron chi connectivity index (χ1n) is 14.5. The molecule has 0 aliphatic heterocycles. The average Bonchev–Trinajstić information content (AvgIpc) is 3.11. The van der Waals surface area contributed by atoms with Gasteiger partial charge >= 0.3 is 11.9 Å². The minimum atomic E-state index is -0.196. The molecule has 198 valence electrons. The van der Waals surface area contributed by atoms with Crippen molar-refractivity contribution in [1.29, 1.82) is 0 Å². The molecule has 0 aromatic heterocycles. The van der Waals surface area contributed by atoms with E-state index in [1.165, 1.54) is 45.4 Å². The predicted molar refractivity (Wildman–Crippen MR) is 140 cm³/mol. The van der Waals surface area contributed by atoms with Crippen LogP contribution in [0.1, 0.15) is 113 Å². The number of ether oxygens (including phenoxy) is 2. The molecular weight excluding hydrogens is 436 g/mol. The highest BCUT2D eigenvalue weighted by Crippen LogP contribution is 2.68. The lowest BCUT2D eigenvalue weighted by Gasteiger charge is -2.62. The third-order valence-corrected chi connectivity index (χ3v) is 11.0. The molecule has 0 amide bonds. The second-order valence-corrected chi connectivity index (χ2v) is 13.5. The van der Waals surface area contributed by atoms with Crippen LogP contribution in [0.5, 0.6) is 0 Å². The van der Waals surface area contributed by atoms with Gasteiger partial charge in [-0.05, 0) is 112 Å². The van der Waals surface area contributed by atoms with E-state index < -0.39 is 0 Å². The van der Waals surface area contributed by atoms with E-state index in [0.29, 0.717) is 29.1 Å². The highest BCUT2D eigenvalue weighted by atomic mass is 16.5. The van der Waals surface area contributed by atoms with E-state index >= 15 is 0 Å². The Morgan fingerprint density at radius 2 is 1.51 bits per heavy atom. The van der Waals surface area contributed by atoms with Gasteiger partial charge in [-0.25, -0.2) is 0 Å². The van der Waals surface area contributed by atoms with Crippen LogP contribution in [0.4, 0.5) is 0 Å². The van der Waals surface area contributed by atoms with Crippen molar-refractivity contribution in [3.63, 3.8) is 0 Å². The fourth-order valence-electron chi connectivity index (χ4n) is 9.45. The maximum absolute atomic E-state index is 12.2. The maximum atomic E-state index is 12.2. The Labute approximate surface area is 214 Å². The molecule has 35 heavy (non-hydrogen) atoms. The summed E-state index contributed by atoms with van der Waals surface area (Å²) in [7, 11) is 0. The van der Waals surface area contributed by atoms with Crippen LogP contribution in [0.15, 0.2) is 11.6 Å². The van der Waals surface area contributed by atoms with Crippen molar-refractivity contribution in [2.24, 2.45) is 46.3 Å². The van der Waals surface area contributed by atoms with E-state index in [0.717, 1.165) is 31.6 Å². The largest absolute Gasteiger partial charge is 0.463 e. The van der Waals surface area contributed by atoms with Crippen molar-refractivity contribution in [3.8, 4) is 0 Å². The van der Waals surface area contributed by atoms with Crippen LogP contribution in [0, 0.1) is 46.3 Å². The molecule has 4 saturated carbocycles. The molecule has 0 spiro atoms. The van der Waals surface area contributed by atoms with Crippen LogP contribution >= 0.6 is 0 Å². The summed E-state index contributed by atoms with van der Waals surface area (Å²) in [5.74, 6) is 3.38. The molecule has 0 N–H and O–H groups in total. The average molecular weight is 487 g/mol. The number of carbonyl (C=O) groups excluding carboxylic acids is 2. The zero-order valence-electron chi connectivity index (χ0n) is 23.4. The van der Waals surface area contributed by atoms with Gasteiger partial charge < -0.3 is 9.47 Å². The fourth-order valence-corrected chi connectivity index (χ4v) is 9.45. The lowest BCUT2D eigenvalue weighted by molar-refractivity contribution is -0.196. The second kappa shape index (κ2) is 10.2. The summed E-state index contributed by atoms with van der Waals surface area (Å²) >= 11 is 0. The van der Waals surface area contributed by atoms with Gasteiger partial charge in [0.2, 0.25) is 0 Å². The van der Waals surface area contributed by atoms with Gasteiger partial charge in [-0.1, -0.05) is 39.3 Å². The third kappa shape index (κ3) is 5.10. The summed E-state index contributed by atoms with van der Waals surface area (Å²) in [6.07, 6.45) is 13.9. The van der Waals surface area contributed by atoms with E-state index in [9.17, 15) is 9.59 Å². The fraction of sp³-hybridized carbons (Fsp3) is 0.871. The predicted octanol–water partition coefficient (Wildman–Crippen LogP) is 7.50. The molecule has 4 aliphatic rings. The van der Waals surface area contributed by atoms with Gasteiger partial charge in [0.05, 0.1) is 0 Å². The molecule has 0 radical (unpaired) electrons.